The topological polar surface area (TPSA) is 38.7 Å². The van der Waals surface area contributed by atoms with E-state index in [0.717, 1.165) is 12.4 Å². The summed E-state index contributed by atoms with van der Waals surface area (Å²) in [5.74, 6) is 1.39. The number of hydrogen-bond acceptors (Lipinski definition) is 3. The number of hydrogen-bond donors (Lipinski definition) is 1. The van der Waals surface area contributed by atoms with Gasteiger partial charge in [-0.3, -0.25) is 0 Å². The number of rotatable bonds is 5. The molecule has 0 aromatic heterocycles. The molecule has 1 aromatic rings. The van der Waals surface area contributed by atoms with E-state index in [-0.39, 0.29) is 0 Å². The summed E-state index contributed by atoms with van der Waals surface area (Å²) in [6.07, 6.45) is 0. The zero-order chi connectivity index (χ0) is 10.4. The Kier molecular flexibility index (Phi) is 4.26. The molecule has 0 saturated carbocycles. The molecule has 0 saturated heterocycles. The summed E-state index contributed by atoms with van der Waals surface area (Å²) in [7, 11) is 0. The van der Waals surface area contributed by atoms with Gasteiger partial charge in [0.15, 0.2) is 0 Å². The van der Waals surface area contributed by atoms with Crippen molar-refractivity contribution in [2.75, 3.05) is 13.2 Å². The van der Waals surface area contributed by atoms with E-state index in [1.165, 1.54) is 0 Å². The molecule has 0 fully saturated rings. The van der Waals surface area contributed by atoms with Gasteiger partial charge in [-0.25, -0.2) is 0 Å². The van der Waals surface area contributed by atoms with Gasteiger partial charge in [0.1, 0.15) is 18.1 Å². The molecular weight excluding hydrogens is 180 g/mol. The fourth-order valence-electron chi connectivity index (χ4n) is 1.16. The highest BCUT2D eigenvalue weighted by Crippen LogP contribution is 2.25. The highest BCUT2D eigenvalue weighted by molar-refractivity contribution is 5.43. The number of ether oxygens (including phenoxy) is 2. The lowest BCUT2D eigenvalue weighted by molar-refractivity contribution is 0.317. The van der Waals surface area contributed by atoms with Crippen LogP contribution in [0.3, 0.4) is 0 Å². The Hall–Kier alpha value is -1.22. The summed E-state index contributed by atoms with van der Waals surface area (Å²) in [6, 6.07) is 5.33. The fourth-order valence-corrected chi connectivity index (χ4v) is 1.16. The Morgan fingerprint density at radius 3 is 2.50 bits per heavy atom. The maximum Gasteiger partial charge on any atom is 0.128 e. The highest BCUT2D eigenvalue weighted by Gasteiger charge is 2.04. The molecule has 1 aromatic carbocycles. The standard InChI is InChI=1S/C11H15O3/c1-3-13-10-6-5-9(8-12)11(7-10)14-4-2/h5-8,12H,3-4H2,1-2H3. The largest absolute Gasteiger partial charge is 0.494 e. The molecule has 0 bridgehead atoms. The van der Waals surface area contributed by atoms with E-state index < -0.39 is 0 Å². The second kappa shape index (κ2) is 5.50. The number of aliphatic hydroxyl groups excluding tert-OH is 1. The van der Waals surface area contributed by atoms with Gasteiger partial charge in [0.2, 0.25) is 0 Å². The summed E-state index contributed by atoms with van der Waals surface area (Å²) in [6.45, 7) is 6.03. The Morgan fingerprint density at radius 1 is 1.21 bits per heavy atom. The van der Waals surface area contributed by atoms with E-state index in [4.69, 9.17) is 14.6 Å². The van der Waals surface area contributed by atoms with Gasteiger partial charge in [-0.15, -0.1) is 0 Å². The summed E-state index contributed by atoms with van der Waals surface area (Å²) >= 11 is 0. The molecule has 0 aliphatic carbocycles. The zero-order valence-electron chi connectivity index (χ0n) is 8.49. The molecule has 0 atom stereocenters. The Balaban J connectivity index is 2.88. The summed E-state index contributed by atoms with van der Waals surface area (Å²) in [5.41, 5.74) is 0.662. The van der Waals surface area contributed by atoms with Crippen LogP contribution in [0.25, 0.3) is 0 Å². The van der Waals surface area contributed by atoms with E-state index in [1.54, 1.807) is 18.2 Å². The van der Waals surface area contributed by atoms with Gasteiger partial charge in [-0.1, -0.05) is 0 Å². The van der Waals surface area contributed by atoms with Gasteiger partial charge in [0.25, 0.3) is 0 Å². The van der Waals surface area contributed by atoms with Crippen molar-refractivity contribution in [3.8, 4) is 11.5 Å². The second-order valence-electron chi connectivity index (χ2n) is 2.69. The van der Waals surface area contributed by atoms with E-state index in [2.05, 4.69) is 0 Å². The van der Waals surface area contributed by atoms with Crippen molar-refractivity contribution in [3.05, 3.63) is 30.4 Å². The minimum atomic E-state index is 0.566. The molecule has 0 unspecified atom stereocenters. The number of benzene rings is 1. The molecule has 3 heteroatoms. The second-order valence-corrected chi connectivity index (χ2v) is 2.69. The molecule has 1 N–H and O–H groups in total. The first-order chi connectivity index (χ1) is 6.81. The Bertz CT molecular complexity index is 284. The maximum atomic E-state index is 8.92. The van der Waals surface area contributed by atoms with Gasteiger partial charge in [-0.2, -0.15) is 0 Å². The SMILES string of the molecule is CCOc1ccc([CH]O)c(OCC)c1. The van der Waals surface area contributed by atoms with Crippen molar-refractivity contribution in [1.29, 1.82) is 0 Å². The normalized spacial score (nSPS) is 9.93. The molecule has 3 nitrogen and oxygen atoms in total. The van der Waals surface area contributed by atoms with Crippen molar-refractivity contribution in [1.82, 2.24) is 0 Å². The number of aliphatic hydroxyl groups is 1. The predicted octanol–water partition coefficient (Wildman–Crippen LogP) is 2.37. The summed E-state index contributed by atoms with van der Waals surface area (Å²) in [4.78, 5) is 0. The van der Waals surface area contributed by atoms with Crippen LogP contribution in [0.15, 0.2) is 18.2 Å². The molecule has 77 valence electrons. The average Bonchev–Trinajstić information content (AvgIpc) is 2.19. The highest BCUT2D eigenvalue weighted by atomic mass is 16.5. The molecular formula is C11H15O3. The minimum absolute atomic E-state index is 0.566. The van der Waals surface area contributed by atoms with E-state index in [0.29, 0.717) is 24.5 Å². The van der Waals surface area contributed by atoms with Crippen LogP contribution in [0.2, 0.25) is 0 Å². The van der Waals surface area contributed by atoms with E-state index in [1.807, 2.05) is 13.8 Å². The molecule has 0 amide bonds. The smallest absolute Gasteiger partial charge is 0.128 e. The van der Waals surface area contributed by atoms with Crippen LogP contribution < -0.4 is 9.47 Å². The van der Waals surface area contributed by atoms with E-state index >= 15 is 0 Å². The molecule has 14 heavy (non-hydrogen) atoms. The zero-order valence-corrected chi connectivity index (χ0v) is 8.49. The Morgan fingerprint density at radius 2 is 1.93 bits per heavy atom. The fraction of sp³-hybridized carbons (Fsp3) is 0.364. The third kappa shape index (κ3) is 2.64. The average molecular weight is 195 g/mol. The lowest BCUT2D eigenvalue weighted by atomic mass is 10.2. The molecule has 1 radical (unpaired) electrons. The first kappa shape index (κ1) is 10.9. The van der Waals surface area contributed by atoms with Crippen LogP contribution >= 0.6 is 0 Å². The summed E-state index contributed by atoms with van der Waals surface area (Å²) < 4.78 is 10.7. The quantitative estimate of drug-likeness (QED) is 0.783. The van der Waals surface area contributed by atoms with Crippen molar-refractivity contribution >= 4 is 0 Å². The van der Waals surface area contributed by atoms with Crippen molar-refractivity contribution in [2.45, 2.75) is 13.8 Å². The van der Waals surface area contributed by atoms with Crippen LogP contribution in [-0.4, -0.2) is 18.3 Å². The maximum absolute atomic E-state index is 8.92. The molecule has 0 spiro atoms. The van der Waals surface area contributed by atoms with Gasteiger partial charge < -0.3 is 14.6 Å². The van der Waals surface area contributed by atoms with Crippen LogP contribution in [0.1, 0.15) is 19.4 Å². The molecule has 0 aliphatic rings. The minimum Gasteiger partial charge on any atom is -0.494 e. The molecule has 0 heterocycles. The van der Waals surface area contributed by atoms with Gasteiger partial charge in [0, 0.05) is 11.6 Å². The van der Waals surface area contributed by atoms with Crippen molar-refractivity contribution in [2.24, 2.45) is 0 Å². The van der Waals surface area contributed by atoms with E-state index in [9.17, 15) is 0 Å². The Labute approximate surface area is 84.3 Å². The molecule has 0 aliphatic heterocycles. The molecule has 1 rings (SSSR count). The van der Waals surface area contributed by atoms with Crippen LogP contribution in [0.4, 0.5) is 0 Å². The monoisotopic (exact) mass is 195 g/mol. The summed E-state index contributed by atoms with van der Waals surface area (Å²) in [5, 5.41) is 8.92. The lowest BCUT2D eigenvalue weighted by Gasteiger charge is -2.10. The predicted molar refractivity (Wildman–Crippen MR) is 54.1 cm³/mol. The first-order valence-corrected chi connectivity index (χ1v) is 4.68. The van der Waals surface area contributed by atoms with Crippen LogP contribution in [0, 0.1) is 6.61 Å². The third-order valence-electron chi connectivity index (χ3n) is 1.73. The third-order valence-corrected chi connectivity index (χ3v) is 1.73. The van der Waals surface area contributed by atoms with Gasteiger partial charge in [0.05, 0.1) is 13.2 Å². The van der Waals surface area contributed by atoms with Crippen molar-refractivity contribution in [3.63, 3.8) is 0 Å². The van der Waals surface area contributed by atoms with Crippen molar-refractivity contribution < 1.29 is 14.6 Å². The van der Waals surface area contributed by atoms with Gasteiger partial charge >= 0.3 is 0 Å². The first-order valence-electron chi connectivity index (χ1n) is 4.68. The van der Waals surface area contributed by atoms with Gasteiger partial charge in [-0.05, 0) is 26.0 Å². The lowest BCUT2D eigenvalue weighted by Crippen LogP contribution is -1.98. The van der Waals surface area contributed by atoms with Crippen LogP contribution in [0.5, 0.6) is 11.5 Å². The van der Waals surface area contributed by atoms with Crippen LogP contribution in [-0.2, 0) is 0 Å².